The minimum Gasteiger partial charge on any atom is -0.495 e. The second-order valence-corrected chi connectivity index (χ2v) is 9.93. The first-order valence-corrected chi connectivity index (χ1v) is 12.5. The average molecular weight is 510 g/mol. The number of aryl methyl sites for hydroxylation is 1. The molecule has 1 aromatic heterocycles. The number of methoxy groups -OCH3 is 1. The number of benzene rings is 2. The van der Waals surface area contributed by atoms with Crippen LogP contribution in [0.15, 0.2) is 54.5 Å². The summed E-state index contributed by atoms with van der Waals surface area (Å²) in [5.41, 5.74) is 7.30. The molecule has 2 N–H and O–H groups in total. The van der Waals surface area contributed by atoms with Crippen molar-refractivity contribution in [1.29, 1.82) is 0 Å². The van der Waals surface area contributed by atoms with E-state index in [1.54, 1.807) is 26.6 Å². The third-order valence-electron chi connectivity index (χ3n) is 7.52. The van der Waals surface area contributed by atoms with Gasteiger partial charge in [-0.25, -0.2) is 13.8 Å². The highest BCUT2D eigenvalue weighted by molar-refractivity contribution is 5.61. The zero-order valence-electron chi connectivity index (χ0n) is 21.6. The molecule has 196 valence electrons. The van der Waals surface area contributed by atoms with E-state index in [4.69, 9.17) is 9.57 Å². The van der Waals surface area contributed by atoms with Crippen LogP contribution in [0, 0.1) is 18.6 Å². The van der Waals surface area contributed by atoms with Gasteiger partial charge in [-0.15, -0.1) is 0 Å². The van der Waals surface area contributed by atoms with Crippen molar-refractivity contribution in [2.24, 2.45) is 0 Å². The molecular weight excluding hydrogens is 476 g/mol. The maximum Gasteiger partial charge on any atom is 0.159 e. The van der Waals surface area contributed by atoms with Gasteiger partial charge in [0.2, 0.25) is 0 Å². The van der Waals surface area contributed by atoms with E-state index in [9.17, 15) is 8.78 Å². The van der Waals surface area contributed by atoms with E-state index < -0.39 is 17.2 Å². The summed E-state index contributed by atoms with van der Waals surface area (Å²) in [4.78, 5) is 12.1. The first-order valence-electron chi connectivity index (χ1n) is 12.5. The quantitative estimate of drug-likeness (QED) is 0.483. The smallest absolute Gasteiger partial charge is 0.159 e. The fourth-order valence-corrected chi connectivity index (χ4v) is 5.70. The minimum absolute atomic E-state index is 0.193. The van der Waals surface area contributed by atoms with Crippen LogP contribution in [0.25, 0.3) is 11.8 Å². The van der Waals surface area contributed by atoms with Crippen molar-refractivity contribution >= 4 is 6.08 Å². The third kappa shape index (κ3) is 4.80. The lowest BCUT2D eigenvalue weighted by molar-refractivity contribution is -0.0865. The molecule has 2 saturated heterocycles. The monoisotopic (exact) mass is 509 g/mol. The van der Waals surface area contributed by atoms with Gasteiger partial charge in [0.25, 0.3) is 0 Å². The number of ether oxygens (including phenoxy) is 1. The molecule has 0 spiro atoms. The largest absolute Gasteiger partial charge is 0.495 e. The van der Waals surface area contributed by atoms with Crippen LogP contribution >= 0.6 is 0 Å². The number of imidazole rings is 1. The van der Waals surface area contributed by atoms with Gasteiger partial charge >= 0.3 is 0 Å². The first-order chi connectivity index (χ1) is 17.8. The zero-order chi connectivity index (χ0) is 26.2. The van der Waals surface area contributed by atoms with E-state index in [1.165, 1.54) is 12.1 Å². The van der Waals surface area contributed by atoms with Crippen LogP contribution in [-0.2, 0) is 10.4 Å². The number of fused-ring (bicyclic) bond motifs is 1. The lowest BCUT2D eigenvalue weighted by Crippen LogP contribution is -2.69. The van der Waals surface area contributed by atoms with E-state index in [0.717, 1.165) is 53.2 Å². The predicted octanol–water partition coefficient (Wildman–Crippen LogP) is 4.31. The molecule has 0 bridgehead atoms. The molecule has 3 aromatic rings. The molecule has 3 unspecified atom stereocenters. The molecule has 7 nitrogen and oxygen atoms in total. The van der Waals surface area contributed by atoms with Crippen molar-refractivity contribution in [3.05, 3.63) is 83.0 Å². The molecule has 0 saturated carbocycles. The van der Waals surface area contributed by atoms with Gasteiger partial charge in [0.15, 0.2) is 11.6 Å². The van der Waals surface area contributed by atoms with Gasteiger partial charge in [0, 0.05) is 25.3 Å². The van der Waals surface area contributed by atoms with E-state index >= 15 is 0 Å². The second kappa shape index (κ2) is 10.3. The summed E-state index contributed by atoms with van der Waals surface area (Å²) in [7, 11) is 3.26. The standard InChI is InChI=1S/C28H33F2N5O2/c1-18-15-34(17-32-18)25-10-5-19(12-26(25)36-3)11-20-6-8-22-14-31-16-28(2,35(22)27(20)33-37-4)21-7-9-23(29)24(30)13-21/h5,7,9-13,15,17,22,27,31,33H,6,8,14,16H2,1-4H3/b20-11+. The van der Waals surface area contributed by atoms with Crippen LogP contribution in [-0.4, -0.2) is 54.0 Å². The zero-order valence-corrected chi connectivity index (χ0v) is 21.6. The van der Waals surface area contributed by atoms with E-state index in [1.807, 2.05) is 29.8 Å². The Morgan fingerprint density at radius 2 is 2.00 bits per heavy atom. The molecule has 3 atom stereocenters. The SMILES string of the molecule is CONC1/C(=C/c2ccc(-n3cnc(C)c3)c(OC)c2)CCC2CNCC(C)(c3ccc(F)c(F)c3)N21. The van der Waals surface area contributed by atoms with Crippen LogP contribution in [0.3, 0.4) is 0 Å². The Labute approximate surface area is 216 Å². The average Bonchev–Trinajstić information content (AvgIpc) is 3.33. The van der Waals surface area contributed by atoms with Gasteiger partial charge in [-0.1, -0.05) is 18.2 Å². The number of piperidine rings is 1. The summed E-state index contributed by atoms with van der Waals surface area (Å²) in [6.07, 6.45) is 7.41. The highest BCUT2D eigenvalue weighted by atomic mass is 19.2. The lowest BCUT2D eigenvalue weighted by atomic mass is 9.80. The van der Waals surface area contributed by atoms with Crippen molar-refractivity contribution in [2.75, 3.05) is 27.3 Å². The molecule has 2 aliphatic heterocycles. The Kier molecular flexibility index (Phi) is 7.13. The summed E-state index contributed by atoms with van der Waals surface area (Å²) < 4.78 is 35.7. The number of hydrogen-bond acceptors (Lipinski definition) is 6. The van der Waals surface area contributed by atoms with Crippen molar-refractivity contribution in [3.8, 4) is 11.4 Å². The van der Waals surface area contributed by atoms with Gasteiger partial charge in [-0.2, -0.15) is 5.48 Å². The highest BCUT2D eigenvalue weighted by Gasteiger charge is 2.48. The number of halogens is 2. The van der Waals surface area contributed by atoms with E-state index in [0.29, 0.717) is 6.54 Å². The number of aromatic nitrogens is 2. The van der Waals surface area contributed by atoms with Crippen LogP contribution in [0.2, 0.25) is 0 Å². The maximum atomic E-state index is 14.3. The molecule has 2 fully saturated rings. The first kappa shape index (κ1) is 25.5. The van der Waals surface area contributed by atoms with Gasteiger partial charge in [-0.05, 0) is 67.7 Å². The summed E-state index contributed by atoms with van der Waals surface area (Å²) in [5, 5.41) is 3.50. The molecule has 0 amide bonds. The number of rotatable bonds is 6. The lowest BCUT2D eigenvalue weighted by Gasteiger charge is -2.56. The van der Waals surface area contributed by atoms with E-state index in [-0.39, 0.29) is 12.2 Å². The molecule has 0 aliphatic carbocycles. The normalized spacial score (nSPS) is 25.3. The van der Waals surface area contributed by atoms with Gasteiger partial charge in [0.05, 0.1) is 37.5 Å². The Balaban J connectivity index is 1.53. The summed E-state index contributed by atoms with van der Waals surface area (Å²) in [6, 6.07) is 10.5. The molecule has 9 heteroatoms. The molecular formula is C28H33F2N5O2. The summed E-state index contributed by atoms with van der Waals surface area (Å²) >= 11 is 0. The summed E-state index contributed by atoms with van der Waals surface area (Å²) in [6.45, 7) is 5.42. The Morgan fingerprint density at radius 1 is 1.16 bits per heavy atom. The third-order valence-corrected chi connectivity index (χ3v) is 7.52. The molecule has 5 rings (SSSR count). The van der Waals surface area contributed by atoms with Crippen molar-refractivity contribution in [3.63, 3.8) is 0 Å². The number of nitrogens with zero attached hydrogens (tertiary/aromatic N) is 3. The molecule has 0 radical (unpaired) electrons. The van der Waals surface area contributed by atoms with Gasteiger partial charge < -0.3 is 19.5 Å². The Morgan fingerprint density at radius 3 is 2.70 bits per heavy atom. The van der Waals surface area contributed by atoms with Crippen molar-refractivity contribution in [1.82, 2.24) is 25.2 Å². The highest BCUT2D eigenvalue weighted by Crippen LogP contribution is 2.41. The second-order valence-electron chi connectivity index (χ2n) is 9.93. The molecule has 2 aromatic carbocycles. The fourth-order valence-electron chi connectivity index (χ4n) is 5.70. The van der Waals surface area contributed by atoms with Crippen LogP contribution < -0.4 is 15.5 Å². The van der Waals surface area contributed by atoms with Crippen LogP contribution in [0.5, 0.6) is 5.75 Å². The summed E-state index contributed by atoms with van der Waals surface area (Å²) in [5.74, 6) is -0.947. The van der Waals surface area contributed by atoms with E-state index in [2.05, 4.69) is 39.7 Å². The number of piperazine rings is 1. The minimum atomic E-state index is -0.846. The Hall–Kier alpha value is -3.11. The topological polar surface area (TPSA) is 63.6 Å². The number of hydroxylamine groups is 1. The molecule has 3 heterocycles. The van der Waals surface area contributed by atoms with Gasteiger partial charge in [0.1, 0.15) is 11.9 Å². The van der Waals surface area contributed by atoms with Crippen LogP contribution in [0.1, 0.15) is 36.6 Å². The van der Waals surface area contributed by atoms with Crippen molar-refractivity contribution in [2.45, 2.75) is 44.4 Å². The Bertz CT molecular complexity index is 1310. The number of hydrogen-bond donors (Lipinski definition) is 2. The predicted molar refractivity (Wildman–Crippen MR) is 138 cm³/mol. The molecule has 2 aliphatic rings. The number of nitrogens with one attached hydrogen (secondary N) is 2. The van der Waals surface area contributed by atoms with Crippen LogP contribution in [0.4, 0.5) is 8.78 Å². The van der Waals surface area contributed by atoms with Gasteiger partial charge in [-0.3, -0.25) is 4.90 Å². The van der Waals surface area contributed by atoms with Crippen molar-refractivity contribution < 1.29 is 18.4 Å². The molecule has 37 heavy (non-hydrogen) atoms. The maximum absolute atomic E-state index is 14.3. The fraction of sp³-hybridized carbons (Fsp3) is 0.393.